The van der Waals surface area contributed by atoms with Crippen molar-refractivity contribution in [3.63, 3.8) is 0 Å². The molecule has 0 radical (unpaired) electrons. The molecule has 186 valence electrons. The summed E-state index contributed by atoms with van der Waals surface area (Å²) in [5.41, 5.74) is 1.82. The van der Waals surface area contributed by atoms with E-state index in [1.807, 2.05) is 25.1 Å². The van der Waals surface area contributed by atoms with Crippen LogP contribution in [0.1, 0.15) is 30.3 Å². The highest BCUT2D eigenvalue weighted by atomic mass is 32.2. The summed E-state index contributed by atoms with van der Waals surface area (Å²) < 4.78 is 45.1. The molecule has 0 aliphatic carbocycles. The molecule has 9 nitrogen and oxygen atoms in total. The minimum absolute atomic E-state index is 0.0788. The fourth-order valence-electron chi connectivity index (χ4n) is 5.29. The van der Waals surface area contributed by atoms with E-state index in [9.17, 15) is 8.42 Å². The van der Waals surface area contributed by atoms with E-state index < -0.39 is 10.0 Å². The van der Waals surface area contributed by atoms with Crippen molar-refractivity contribution in [2.24, 2.45) is 5.92 Å². The summed E-state index contributed by atoms with van der Waals surface area (Å²) in [4.78, 5) is 11.8. The van der Waals surface area contributed by atoms with E-state index in [0.29, 0.717) is 18.2 Å². The van der Waals surface area contributed by atoms with Gasteiger partial charge in [0.05, 0.1) is 20.5 Å². The number of hydrogen-bond donors (Lipinski definition) is 1. The Morgan fingerprint density at radius 3 is 2.71 bits per heavy atom. The van der Waals surface area contributed by atoms with Crippen LogP contribution in [0.25, 0.3) is 11.5 Å². The Bertz CT molecular complexity index is 1300. The fourth-order valence-corrected chi connectivity index (χ4v) is 6.55. The van der Waals surface area contributed by atoms with Crippen molar-refractivity contribution in [3.8, 4) is 23.0 Å². The molecule has 3 saturated heterocycles. The molecule has 2 bridgehead atoms. The van der Waals surface area contributed by atoms with E-state index in [1.165, 1.54) is 20.3 Å². The number of nitrogens with one attached hydrogen (secondary N) is 1. The number of ether oxygens (including phenoxy) is 2. The number of aryl methyl sites for hydroxylation is 1. The van der Waals surface area contributed by atoms with Gasteiger partial charge in [0.2, 0.25) is 10.0 Å². The molecule has 4 atom stereocenters. The Kier molecular flexibility index (Phi) is 6.52. The summed E-state index contributed by atoms with van der Waals surface area (Å²) in [6, 6.07) is 10.7. The summed E-state index contributed by atoms with van der Waals surface area (Å²) in [6.45, 7) is 4.03. The van der Waals surface area contributed by atoms with Crippen molar-refractivity contribution in [1.82, 2.24) is 19.6 Å². The minimum Gasteiger partial charge on any atom is -0.497 e. The summed E-state index contributed by atoms with van der Waals surface area (Å²) in [7, 11) is -0.805. The number of methoxy groups -OCH3 is 2. The molecule has 0 saturated carbocycles. The Labute approximate surface area is 205 Å². The summed E-state index contributed by atoms with van der Waals surface area (Å²) >= 11 is 0. The maximum absolute atomic E-state index is 13.1. The fraction of sp³-hybridized carbons (Fsp3) is 0.440. The summed E-state index contributed by atoms with van der Waals surface area (Å²) in [6.07, 6.45) is 3.62. The Hall–Kier alpha value is -2.95. The van der Waals surface area contributed by atoms with Gasteiger partial charge in [-0.25, -0.2) is 23.1 Å². The third-order valence-electron chi connectivity index (χ3n) is 7.06. The Balaban J connectivity index is 1.30. The number of benzene rings is 1. The molecular weight excluding hydrogens is 468 g/mol. The topological polar surface area (TPSA) is 107 Å². The van der Waals surface area contributed by atoms with E-state index in [2.05, 4.69) is 14.6 Å². The predicted molar refractivity (Wildman–Crippen MR) is 130 cm³/mol. The largest absolute Gasteiger partial charge is 0.497 e. The van der Waals surface area contributed by atoms with Gasteiger partial charge in [-0.2, -0.15) is 0 Å². The normalized spacial score (nSPS) is 23.9. The number of aromatic nitrogens is 2. The second kappa shape index (κ2) is 9.60. The zero-order chi connectivity index (χ0) is 24.6. The first-order chi connectivity index (χ1) is 16.9. The van der Waals surface area contributed by atoms with Crippen molar-refractivity contribution in [2.45, 2.75) is 36.6 Å². The van der Waals surface area contributed by atoms with Gasteiger partial charge < -0.3 is 13.9 Å². The zero-order valence-corrected chi connectivity index (χ0v) is 20.9. The highest BCUT2D eigenvalue weighted by molar-refractivity contribution is 7.89. The number of nitrogens with zero attached hydrogens (tertiary/aromatic N) is 3. The first-order valence-electron chi connectivity index (χ1n) is 11.7. The van der Waals surface area contributed by atoms with Crippen molar-refractivity contribution < 1.29 is 22.3 Å². The lowest BCUT2D eigenvalue weighted by Gasteiger charge is -2.49. The highest BCUT2D eigenvalue weighted by Crippen LogP contribution is 2.42. The van der Waals surface area contributed by atoms with Gasteiger partial charge in [-0.05, 0) is 62.6 Å². The molecule has 3 fully saturated rings. The molecule has 1 unspecified atom stereocenters. The molecule has 1 N–H and O–H groups in total. The second-order valence-corrected chi connectivity index (χ2v) is 10.8. The summed E-state index contributed by atoms with van der Waals surface area (Å²) in [5.74, 6) is 2.92. The number of rotatable bonds is 8. The van der Waals surface area contributed by atoms with E-state index in [4.69, 9.17) is 18.9 Å². The lowest BCUT2D eigenvalue weighted by atomic mass is 9.74. The van der Waals surface area contributed by atoms with Crippen LogP contribution in [0.3, 0.4) is 0 Å². The maximum atomic E-state index is 13.1. The van der Waals surface area contributed by atoms with Crippen LogP contribution in [0.4, 0.5) is 0 Å². The van der Waals surface area contributed by atoms with Crippen LogP contribution in [0.15, 0.2) is 52.0 Å². The van der Waals surface area contributed by atoms with Gasteiger partial charge in [-0.15, -0.1) is 0 Å². The van der Waals surface area contributed by atoms with Crippen LogP contribution in [-0.2, 0) is 10.0 Å². The number of fused-ring (bicyclic) bond motifs is 3. The maximum Gasteiger partial charge on any atom is 0.244 e. The van der Waals surface area contributed by atoms with Crippen LogP contribution in [0, 0.1) is 12.8 Å². The molecule has 1 aromatic carbocycles. The first-order valence-corrected chi connectivity index (χ1v) is 13.2. The summed E-state index contributed by atoms with van der Waals surface area (Å²) in [5, 5.41) is 0. The van der Waals surface area contributed by atoms with Gasteiger partial charge in [-0.1, -0.05) is 0 Å². The minimum atomic E-state index is -3.77. The van der Waals surface area contributed by atoms with Crippen LogP contribution in [0.2, 0.25) is 0 Å². The number of hydrogen-bond acceptors (Lipinski definition) is 8. The standard InChI is InChI=1S/C25H30N4O5S/c1-16-27-21(13-22(28-16)23-5-4-10-34-23)20-15-29-9-8-17(20)11-18(29)14-26-35(30,31)25-12-19(32-2)6-7-24(25)33-3/h4-7,10,12-13,17-18,20,26H,8-9,11,14-15H2,1-3H3/t17-,18+,20+/m0/s1. The van der Waals surface area contributed by atoms with Gasteiger partial charge in [0.1, 0.15) is 27.9 Å². The number of piperidine rings is 3. The van der Waals surface area contributed by atoms with Crippen LogP contribution in [-0.4, -0.2) is 63.2 Å². The van der Waals surface area contributed by atoms with Crippen LogP contribution < -0.4 is 14.2 Å². The molecule has 3 aliphatic rings. The molecule has 2 aromatic heterocycles. The van der Waals surface area contributed by atoms with Gasteiger partial charge in [0.15, 0.2) is 5.76 Å². The van der Waals surface area contributed by atoms with Crippen LogP contribution >= 0.6 is 0 Å². The molecule has 0 spiro atoms. The van der Waals surface area contributed by atoms with E-state index in [0.717, 1.165) is 48.9 Å². The molecule has 5 heterocycles. The molecular formula is C25H30N4O5S. The highest BCUT2D eigenvalue weighted by Gasteiger charge is 2.42. The molecule has 3 aliphatic heterocycles. The van der Waals surface area contributed by atoms with Crippen molar-refractivity contribution in [1.29, 1.82) is 0 Å². The quantitative estimate of drug-likeness (QED) is 0.505. The monoisotopic (exact) mass is 498 g/mol. The molecule has 35 heavy (non-hydrogen) atoms. The average molecular weight is 499 g/mol. The van der Waals surface area contributed by atoms with Gasteiger partial charge in [0, 0.05) is 36.8 Å². The average Bonchev–Trinajstić information content (AvgIpc) is 3.42. The number of furan rings is 1. The van der Waals surface area contributed by atoms with Crippen LogP contribution in [0.5, 0.6) is 11.5 Å². The second-order valence-electron chi connectivity index (χ2n) is 9.11. The lowest BCUT2D eigenvalue weighted by molar-refractivity contribution is 0.0317. The van der Waals surface area contributed by atoms with Crippen molar-refractivity contribution in [2.75, 3.05) is 33.9 Å². The smallest absolute Gasteiger partial charge is 0.244 e. The third-order valence-corrected chi connectivity index (χ3v) is 8.50. The van der Waals surface area contributed by atoms with Gasteiger partial charge >= 0.3 is 0 Å². The lowest BCUT2D eigenvalue weighted by Crippen LogP contribution is -2.56. The predicted octanol–water partition coefficient (Wildman–Crippen LogP) is 3.22. The van der Waals surface area contributed by atoms with Gasteiger partial charge in [-0.3, -0.25) is 4.90 Å². The van der Waals surface area contributed by atoms with E-state index in [1.54, 1.807) is 18.4 Å². The Morgan fingerprint density at radius 2 is 2.03 bits per heavy atom. The van der Waals surface area contributed by atoms with Crippen molar-refractivity contribution >= 4 is 10.0 Å². The number of sulfonamides is 1. The SMILES string of the molecule is COc1ccc(OC)c(S(=O)(=O)NC[C@H]2C[C@@H]3CCN2C[C@H]3c2cc(-c3ccco3)nc(C)n2)c1. The Morgan fingerprint density at radius 1 is 1.17 bits per heavy atom. The van der Waals surface area contributed by atoms with Gasteiger partial charge in [0.25, 0.3) is 0 Å². The third kappa shape index (κ3) is 4.78. The van der Waals surface area contributed by atoms with Crippen molar-refractivity contribution in [3.05, 3.63) is 54.2 Å². The van der Waals surface area contributed by atoms with E-state index in [-0.39, 0.29) is 22.6 Å². The first kappa shape index (κ1) is 23.8. The zero-order valence-electron chi connectivity index (χ0n) is 20.1. The molecule has 10 heteroatoms. The molecule has 6 rings (SSSR count). The molecule has 3 aromatic rings. The van der Waals surface area contributed by atoms with E-state index >= 15 is 0 Å². The molecule has 0 amide bonds.